The Morgan fingerprint density at radius 3 is 2.45 bits per heavy atom. The molecule has 2 aromatic carbocycles. The van der Waals surface area contributed by atoms with Gasteiger partial charge < -0.3 is 19.4 Å². The van der Waals surface area contributed by atoms with Crippen LogP contribution in [0.2, 0.25) is 0 Å². The molecule has 0 saturated heterocycles. The van der Waals surface area contributed by atoms with Gasteiger partial charge in [0.2, 0.25) is 5.76 Å². The van der Waals surface area contributed by atoms with E-state index in [1.165, 1.54) is 23.7 Å². The number of hydrogen-bond donors (Lipinski definition) is 0. The Balaban J connectivity index is 0.00000336. The SMILES string of the molecule is CCOC(=O)C1=C(C)N=c2s/c(=C/c3ccc(OC(=O)c4ccco4)cc3)c(=O)n2C1c1ccccc1.O. The van der Waals surface area contributed by atoms with E-state index in [9.17, 15) is 14.4 Å². The number of furan rings is 1. The minimum atomic E-state index is -0.651. The summed E-state index contributed by atoms with van der Waals surface area (Å²) in [6.07, 6.45) is 3.14. The molecule has 0 amide bonds. The molecule has 2 aromatic heterocycles. The molecule has 0 radical (unpaired) electrons. The molecule has 0 aliphatic carbocycles. The number of thiazole rings is 1. The van der Waals surface area contributed by atoms with Gasteiger partial charge in [-0.25, -0.2) is 14.6 Å². The van der Waals surface area contributed by atoms with Crippen molar-refractivity contribution in [2.75, 3.05) is 6.61 Å². The van der Waals surface area contributed by atoms with E-state index in [0.717, 1.165) is 11.1 Å². The zero-order chi connectivity index (χ0) is 25.9. The average molecular weight is 533 g/mol. The van der Waals surface area contributed by atoms with Crippen molar-refractivity contribution in [3.8, 4) is 5.75 Å². The Kier molecular flexibility index (Phi) is 7.85. The van der Waals surface area contributed by atoms with Gasteiger partial charge in [0, 0.05) is 0 Å². The number of benzene rings is 2. The van der Waals surface area contributed by atoms with Crippen molar-refractivity contribution >= 4 is 29.4 Å². The van der Waals surface area contributed by atoms with Crippen LogP contribution in [0.1, 0.15) is 41.6 Å². The summed E-state index contributed by atoms with van der Waals surface area (Å²) >= 11 is 1.24. The van der Waals surface area contributed by atoms with Crippen molar-refractivity contribution in [1.82, 2.24) is 4.57 Å². The highest BCUT2D eigenvalue weighted by molar-refractivity contribution is 7.07. The van der Waals surface area contributed by atoms with Crippen molar-refractivity contribution in [2.45, 2.75) is 19.9 Å². The van der Waals surface area contributed by atoms with Gasteiger partial charge >= 0.3 is 11.9 Å². The van der Waals surface area contributed by atoms with Crippen LogP contribution in [0, 0.1) is 0 Å². The van der Waals surface area contributed by atoms with E-state index >= 15 is 0 Å². The van der Waals surface area contributed by atoms with Crippen LogP contribution in [0.4, 0.5) is 0 Å². The largest absolute Gasteiger partial charge is 0.463 e. The number of esters is 2. The van der Waals surface area contributed by atoms with Crippen LogP contribution < -0.4 is 19.6 Å². The first-order valence-corrected chi connectivity index (χ1v) is 12.4. The maximum atomic E-state index is 13.6. The molecule has 38 heavy (non-hydrogen) atoms. The summed E-state index contributed by atoms with van der Waals surface area (Å²) in [4.78, 5) is 43.7. The molecule has 4 aromatic rings. The summed E-state index contributed by atoms with van der Waals surface area (Å²) in [5.41, 5.74) is 2.12. The summed E-state index contributed by atoms with van der Waals surface area (Å²) in [6.45, 7) is 3.71. The van der Waals surface area contributed by atoms with E-state index in [-0.39, 0.29) is 23.4 Å². The Bertz CT molecular complexity index is 1670. The molecule has 194 valence electrons. The van der Waals surface area contributed by atoms with Gasteiger partial charge in [0.05, 0.1) is 34.7 Å². The first-order chi connectivity index (χ1) is 18.0. The molecule has 0 bridgehead atoms. The van der Waals surface area contributed by atoms with Crippen LogP contribution in [0.15, 0.2) is 98.5 Å². The minimum Gasteiger partial charge on any atom is -0.463 e. The van der Waals surface area contributed by atoms with E-state index in [0.29, 0.717) is 26.4 Å². The quantitative estimate of drug-likeness (QED) is 0.277. The Labute approximate surface area is 220 Å². The molecule has 0 fully saturated rings. The molecule has 3 heterocycles. The number of carbonyl (C=O) groups is 2. The summed E-state index contributed by atoms with van der Waals surface area (Å²) in [7, 11) is 0. The number of nitrogens with zero attached hydrogens (tertiary/aromatic N) is 2. The van der Waals surface area contributed by atoms with Crippen molar-refractivity contribution in [3.63, 3.8) is 0 Å². The van der Waals surface area contributed by atoms with Crippen LogP contribution in [0.25, 0.3) is 6.08 Å². The normalized spacial score (nSPS) is 14.8. The lowest BCUT2D eigenvalue weighted by molar-refractivity contribution is -0.139. The van der Waals surface area contributed by atoms with Crippen LogP contribution >= 0.6 is 11.3 Å². The number of fused-ring (bicyclic) bond motifs is 1. The lowest BCUT2D eigenvalue weighted by Crippen LogP contribution is -2.39. The van der Waals surface area contributed by atoms with Gasteiger partial charge in [0.15, 0.2) is 4.80 Å². The summed E-state index contributed by atoms with van der Waals surface area (Å²) in [5.74, 6) is -0.638. The van der Waals surface area contributed by atoms with Gasteiger partial charge in [0.1, 0.15) is 5.75 Å². The van der Waals surface area contributed by atoms with Crippen LogP contribution in [-0.2, 0) is 9.53 Å². The standard InChI is InChI=1S/C28H22N2O6S.H2O/c1-3-34-27(33)23-17(2)29-28-30(24(23)19-8-5-4-6-9-19)25(31)22(37-28)16-18-11-13-20(14-12-18)36-26(32)21-10-7-15-35-21;/h4-16,24H,3H2,1-2H3;1H2/b22-16+;. The lowest BCUT2D eigenvalue weighted by Gasteiger charge is -2.24. The van der Waals surface area contributed by atoms with E-state index in [1.54, 1.807) is 54.8 Å². The first-order valence-electron chi connectivity index (χ1n) is 11.6. The van der Waals surface area contributed by atoms with Crippen LogP contribution in [0.3, 0.4) is 0 Å². The van der Waals surface area contributed by atoms with Gasteiger partial charge in [-0.3, -0.25) is 9.36 Å². The van der Waals surface area contributed by atoms with Crippen molar-refractivity contribution in [1.29, 1.82) is 0 Å². The number of aromatic nitrogens is 1. The molecule has 0 saturated carbocycles. The number of hydrogen-bond acceptors (Lipinski definition) is 8. The number of ether oxygens (including phenoxy) is 2. The fourth-order valence-corrected chi connectivity index (χ4v) is 5.12. The second-order valence-electron chi connectivity index (χ2n) is 8.15. The van der Waals surface area contributed by atoms with Gasteiger partial charge in [-0.05, 0) is 55.3 Å². The molecule has 10 heteroatoms. The monoisotopic (exact) mass is 532 g/mol. The van der Waals surface area contributed by atoms with Crippen molar-refractivity contribution in [3.05, 3.63) is 121 Å². The number of allylic oxidation sites excluding steroid dienone is 1. The molecule has 1 atom stereocenters. The van der Waals surface area contributed by atoms with Crippen LogP contribution in [-0.4, -0.2) is 28.6 Å². The predicted molar refractivity (Wildman–Crippen MR) is 141 cm³/mol. The molecule has 5 rings (SSSR count). The van der Waals surface area contributed by atoms with Gasteiger partial charge in [-0.2, -0.15) is 0 Å². The highest BCUT2D eigenvalue weighted by atomic mass is 32.1. The van der Waals surface area contributed by atoms with E-state index in [2.05, 4.69) is 4.99 Å². The average Bonchev–Trinajstić information content (AvgIpc) is 3.54. The van der Waals surface area contributed by atoms with Gasteiger partial charge in [-0.1, -0.05) is 53.8 Å². The maximum Gasteiger partial charge on any atom is 0.379 e. The fraction of sp³-hybridized carbons (Fsp3) is 0.143. The smallest absolute Gasteiger partial charge is 0.379 e. The zero-order valence-corrected chi connectivity index (χ0v) is 21.4. The van der Waals surface area contributed by atoms with Gasteiger partial charge in [-0.15, -0.1) is 0 Å². The Morgan fingerprint density at radius 2 is 1.79 bits per heavy atom. The van der Waals surface area contributed by atoms with Crippen molar-refractivity contribution in [2.24, 2.45) is 4.99 Å². The highest BCUT2D eigenvalue weighted by Gasteiger charge is 2.33. The topological polar surface area (TPSA) is 132 Å². The van der Waals surface area contributed by atoms with E-state index in [1.807, 2.05) is 30.3 Å². The Morgan fingerprint density at radius 1 is 1.05 bits per heavy atom. The highest BCUT2D eigenvalue weighted by Crippen LogP contribution is 2.30. The summed E-state index contributed by atoms with van der Waals surface area (Å²) in [5, 5.41) is 0. The summed E-state index contributed by atoms with van der Waals surface area (Å²) < 4.78 is 17.7. The Hall–Kier alpha value is -4.54. The molecular formula is C28H24N2O7S. The molecule has 9 nitrogen and oxygen atoms in total. The first kappa shape index (κ1) is 26.5. The van der Waals surface area contributed by atoms with E-state index < -0.39 is 18.0 Å². The molecule has 1 unspecified atom stereocenters. The second-order valence-corrected chi connectivity index (χ2v) is 9.16. The third-order valence-electron chi connectivity index (χ3n) is 5.74. The van der Waals surface area contributed by atoms with Crippen molar-refractivity contribution < 1.29 is 29.0 Å². The molecule has 1 aliphatic heterocycles. The lowest BCUT2D eigenvalue weighted by atomic mass is 9.96. The number of carbonyl (C=O) groups excluding carboxylic acids is 2. The zero-order valence-electron chi connectivity index (χ0n) is 20.5. The minimum absolute atomic E-state index is 0. The maximum absolute atomic E-state index is 13.6. The molecule has 2 N–H and O–H groups in total. The van der Waals surface area contributed by atoms with E-state index in [4.69, 9.17) is 13.9 Å². The number of rotatable bonds is 6. The molecule has 0 spiro atoms. The van der Waals surface area contributed by atoms with Crippen LogP contribution in [0.5, 0.6) is 5.75 Å². The van der Waals surface area contributed by atoms with Gasteiger partial charge in [0.25, 0.3) is 5.56 Å². The second kappa shape index (κ2) is 11.2. The molecular weight excluding hydrogens is 508 g/mol. The predicted octanol–water partition coefficient (Wildman–Crippen LogP) is 2.79. The third kappa shape index (κ3) is 5.13. The summed E-state index contributed by atoms with van der Waals surface area (Å²) in [6, 6.07) is 18.6. The molecule has 1 aliphatic rings. The third-order valence-corrected chi connectivity index (χ3v) is 6.73. The fourth-order valence-electron chi connectivity index (χ4n) is 4.08.